The zero-order valence-electron chi connectivity index (χ0n) is 14.3. The fourth-order valence-corrected chi connectivity index (χ4v) is 2.98. The van der Waals surface area contributed by atoms with E-state index >= 15 is 0 Å². The Morgan fingerprint density at radius 3 is 2.79 bits per heavy atom. The summed E-state index contributed by atoms with van der Waals surface area (Å²) in [5, 5.41) is 4.42. The van der Waals surface area contributed by atoms with Crippen molar-refractivity contribution >= 4 is 22.5 Å². The van der Waals surface area contributed by atoms with Crippen LogP contribution in [0.2, 0.25) is 0 Å². The lowest BCUT2D eigenvalue weighted by molar-refractivity contribution is 0.972. The predicted molar refractivity (Wildman–Crippen MR) is 103 cm³/mol. The lowest BCUT2D eigenvalue weighted by atomic mass is 10.1. The Balaban J connectivity index is 1.65. The van der Waals surface area contributed by atoms with E-state index in [1.54, 1.807) is 0 Å². The quantitative estimate of drug-likeness (QED) is 0.491. The molecule has 2 aromatic carbocycles. The molecule has 0 atom stereocenters. The monoisotopic (exact) mass is 320 g/mol. The second-order valence-corrected chi connectivity index (χ2v) is 6.02. The summed E-state index contributed by atoms with van der Waals surface area (Å²) in [5.74, 6) is 0.453. The number of benzene rings is 2. The van der Waals surface area contributed by atoms with E-state index in [9.17, 15) is 0 Å². The zero-order valence-corrected chi connectivity index (χ0v) is 14.3. The normalized spacial score (nSPS) is 11.8. The van der Waals surface area contributed by atoms with Crippen molar-refractivity contribution < 1.29 is 0 Å². The molecule has 0 fully saturated rings. The van der Waals surface area contributed by atoms with Crippen LogP contribution in [-0.2, 0) is 12.8 Å². The number of para-hydroxylation sites is 1. The standard InChI is InChI=1S/C20H24N4/c1-3-15-7-5-9-18-16(13-23-19(15)18)10-11-22-20(21)24-17-8-4-6-14(2)12-17/h4-9,12-13,23H,3,10-11H2,1-2H3,(H3,21,22,24). The van der Waals surface area contributed by atoms with Crippen molar-refractivity contribution in [1.29, 1.82) is 0 Å². The van der Waals surface area contributed by atoms with Gasteiger partial charge in [0.2, 0.25) is 0 Å². The lowest BCUT2D eigenvalue weighted by Gasteiger charge is -2.06. The predicted octanol–water partition coefficient (Wildman–Crippen LogP) is 4.01. The summed E-state index contributed by atoms with van der Waals surface area (Å²) in [6.07, 6.45) is 3.98. The number of aryl methyl sites for hydroxylation is 2. The first-order valence-electron chi connectivity index (χ1n) is 8.39. The highest BCUT2D eigenvalue weighted by molar-refractivity contribution is 5.92. The molecule has 0 amide bonds. The van der Waals surface area contributed by atoms with Crippen LogP contribution in [0, 0.1) is 6.92 Å². The van der Waals surface area contributed by atoms with Crippen molar-refractivity contribution in [2.75, 3.05) is 11.9 Å². The second-order valence-electron chi connectivity index (χ2n) is 6.02. The topological polar surface area (TPSA) is 66.2 Å². The van der Waals surface area contributed by atoms with E-state index in [0.717, 1.165) is 18.5 Å². The minimum absolute atomic E-state index is 0.453. The molecule has 0 bridgehead atoms. The number of nitrogens with zero attached hydrogens (tertiary/aromatic N) is 1. The number of hydrogen-bond donors (Lipinski definition) is 3. The summed E-state index contributed by atoms with van der Waals surface area (Å²) in [4.78, 5) is 7.84. The Hall–Kier alpha value is -2.75. The first-order chi connectivity index (χ1) is 11.7. The van der Waals surface area contributed by atoms with Crippen LogP contribution < -0.4 is 11.1 Å². The average Bonchev–Trinajstić information content (AvgIpc) is 2.98. The van der Waals surface area contributed by atoms with Gasteiger partial charge in [-0.25, -0.2) is 0 Å². The van der Waals surface area contributed by atoms with Gasteiger partial charge in [0.15, 0.2) is 5.96 Å². The van der Waals surface area contributed by atoms with Crippen molar-refractivity contribution in [3.05, 3.63) is 65.4 Å². The van der Waals surface area contributed by atoms with Crippen LogP contribution >= 0.6 is 0 Å². The summed E-state index contributed by atoms with van der Waals surface area (Å²) >= 11 is 0. The highest BCUT2D eigenvalue weighted by Crippen LogP contribution is 2.22. The zero-order chi connectivity index (χ0) is 16.9. The van der Waals surface area contributed by atoms with Gasteiger partial charge in [-0.3, -0.25) is 4.99 Å². The summed E-state index contributed by atoms with van der Waals surface area (Å²) in [6.45, 7) is 4.89. The first-order valence-corrected chi connectivity index (χ1v) is 8.39. The van der Waals surface area contributed by atoms with Crippen LogP contribution in [0.5, 0.6) is 0 Å². The average molecular weight is 320 g/mol. The summed E-state index contributed by atoms with van der Waals surface area (Å²) in [6, 6.07) is 14.6. The SMILES string of the molecule is CCc1cccc2c(CCN=C(N)Nc3cccc(C)c3)c[nH]c12. The fourth-order valence-electron chi connectivity index (χ4n) is 2.98. The van der Waals surface area contributed by atoms with Gasteiger partial charge >= 0.3 is 0 Å². The van der Waals surface area contributed by atoms with E-state index < -0.39 is 0 Å². The molecule has 24 heavy (non-hydrogen) atoms. The van der Waals surface area contributed by atoms with E-state index in [1.807, 2.05) is 18.2 Å². The Morgan fingerprint density at radius 2 is 2.00 bits per heavy atom. The number of nitrogens with two attached hydrogens (primary N) is 1. The van der Waals surface area contributed by atoms with E-state index in [4.69, 9.17) is 5.73 Å². The van der Waals surface area contributed by atoms with Gasteiger partial charge in [0.25, 0.3) is 0 Å². The third-order valence-electron chi connectivity index (χ3n) is 4.22. The summed E-state index contributed by atoms with van der Waals surface area (Å²) < 4.78 is 0. The van der Waals surface area contributed by atoms with Gasteiger partial charge in [0.1, 0.15) is 0 Å². The number of hydrogen-bond acceptors (Lipinski definition) is 1. The fraction of sp³-hybridized carbons (Fsp3) is 0.250. The summed E-state index contributed by atoms with van der Waals surface area (Å²) in [7, 11) is 0. The molecule has 0 saturated carbocycles. The van der Waals surface area contributed by atoms with Gasteiger partial charge in [-0.1, -0.05) is 37.3 Å². The van der Waals surface area contributed by atoms with Crippen molar-refractivity contribution in [3.63, 3.8) is 0 Å². The maximum atomic E-state index is 5.98. The van der Waals surface area contributed by atoms with E-state index in [-0.39, 0.29) is 0 Å². The number of aliphatic imine (C=N–C) groups is 1. The van der Waals surface area contributed by atoms with Crippen molar-refractivity contribution in [1.82, 2.24) is 4.98 Å². The van der Waals surface area contributed by atoms with Crippen LogP contribution in [0.15, 0.2) is 53.7 Å². The molecule has 4 N–H and O–H groups in total. The molecule has 4 heteroatoms. The molecule has 0 aliphatic carbocycles. The van der Waals surface area contributed by atoms with E-state index in [2.05, 4.69) is 59.6 Å². The molecular weight excluding hydrogens is 296 g/mol. The Kier molecular flexibility index (Phi) is 4.85. The van der Waals surface area contributed by atoms with E-state index in [1.165, 1.54) is 27.6 Å². The van der Waals surface area contributed by atoms with Gasteiger partial charge in [-0.05, 0) is 48.6 Å². The number of rotatable bonds is 5. The molecular formula is C20H24N4. The molecule has 3 rings (SSSR count). The largest absolute Gasteiger partial charge is 0.370 e. The molecule has 0 radical (unpaired) electrons. The van der Waals surface area contributed by atoms with Crippen LogP contribution in [0.3, 0.4) is 0 Å². The minimum atomic E-state index is 0.453. The maximum absolute atomic E-state index is 5.98. The number of aromatic amines is 1. The molecule has 4 nitrogen and oxygen atoms in total. The third-order valence-corrected chi connectivity index (χ3v) is 4.22. The number of nitrogens with one attached hydrogen (secondary N) is 2. The van der Waals surface area contributed by atoms with Crippen LogP contribution in [0.1, 0.15) is 23.6 Å². The number of fused-ring (bicyclic) bond motifs is 1. The van der Waals surface area contributed by atoms with E-state index in [0.29, 0.717) is 12.5 Å². The van der Waals surface area contributed by atoms with Gasteiger partial charge in [-0.2, -0.15) is 0 Å². The highest BCUT2D eigenvalue weighted by atomic mass is 15.1. The smallest absolute Gasteiger partial charge is 0.193 e. The van der Waals surface area contributed by atoms with Crippen molar-refractivity contribution in [3.8, 4) is 0 Å². The maximum Gasteiger partial charge on any atom is 0.193 e. The third kappa shape index (κ3) is 3.59. The molecule has 0 spiro atoms. The first kappa shape index (κ1) is 16.1. The van der Waals surface area contributed by atoms with Crippen LogP contribution in [0.4, 0.5) is 5.69 Å². The number of aromatic nitrogens is 1. The molecule has 0 aliphatic rings. The number of anilines is 1. The Labute approximate surface area is 142 Å². The van der Waals surface area contributed by atoms with Crippen LogP contribution in [-0.4, -0.2) is 17.5 Å². The van der Waals surface area contributed by atoms with Gasteiger partial charge in [0.05, 0.1) is 0 Å². The van der Waals surface area contributed by atoms with Crippen molar-refractivity contribution in [2.24, 2.45) is 10.7 Å². The highest BCUT2D eigenvalue weighted by Gasteiger charge is 2.06. The molecule has 124 valence electrons. The van der Waals surface area contributed by atoms with Gasteiger partial charge in [-0.15, -0.1) is 0 Å². The lowest BCUT2D eigenvalue weighted by Crippen LogP contribution is -2.23. The summed E-state index contributed by atoms with van der Waals surface area (Å²) in [5.41, 5.74) is 12.0. The number of H-pyrrole nitrogens is 1. The minimum Gasteiger partial charge on any atom is -0.370 e. The molecule has 0 aliphatic heterocycles. The Bertz CT molecular complexity index is 861. The second kappa shape index (κ2) is 7.21. The molecule has 0 saturated heterocycles. The van der Waals surface area contributed by atoms with Crippen LogP contribution in [0.25, 0.3) is 10.9 Å². The molecule has 1 aromatic heterocycles. The number of guanidine groups is 1. The molecule has 3 aromatic rings. The van der Waals surface area contributed by atoms with Gasteiger partial charge < -0.3 is 16.0 Å². The van der Waals surface area contributed by atoms with Crippen molar-refractivity contribution in [2.45, 2.75) is 26.7 Å². The van der Waals surface area contributed by atoms with Gasteiger partial charge in [0, 0.05) is 29.3 Å². The molecule has 0 unspecified atom stereocenters. The Morgan fingerprint density at radius 1 is 1.17 bits per heavy atom. The molecule has 1 heterocycles.